The van der Waals surface area contributed by atoms with Crippen LogP contribution in [0, 0.1) is 18.3 Å². The maximum atomic E-state index is 15.1. The van der Waals surface area contributed by atoms with Crippen molar-refractivity contribution in [2.45, 2.75) is 62.8 Å². The third-order valence-corrected chi connectivity index (χ3v) is 13.5. The van der Waals surface area contributed by atoms with Crippen LogP contribution in [0.3, 0.4) is 0 Å². The number of carbonyl (C=O) groups is 1. The summed E-state index contributed by atoms with van der Waals surface area (Å²) in [6.45, 7) is 6.62. The third kappa shape index (κ3) is 7.05. The van der Waals surface area contributed by atoms with E-state index in [0.29, 0.717) is 45.0 Å². The first-order chi connectivity index (χ1) is 29.9. The summed E-state index contributed by atoms with van der Waals surface area (Å²) in [7, 11) is 2.15. The minimum absolute atomic E-state index is 0.0380. The molecule has 3 saturated heterocycles. The molecule has 4 atom stereocenters. The molecule has 4 aliphatic heterocycles. The largest absolute Gasteiger partial charge is 0.462 e. The van der Waals surface area contributed by atoms with Gasteiger partial charge in [-0.25, -0.2) is 0 Å². The van der Waals surface area contributed by atoms with Gasteiger partial charge in [0.05, 0.1) is 43.0 Å². The fraction of sp³-hybridized carbons (Fsp3) is 0.333. The van der Waals surface area contributed by atoms with E-state index in [9.17, 15) is 5.26 Å². The van der Waals surface area contributed by atoms with E-state index < -0.39 is 5.54 Å². The molecule has 0 bridgehead atoms. The molecule has 0 N–H and O–H groups in total. The number of fused-ring (bicyclic) bond motifs is 2. The van der Waals surface area contributed by atoms with Gasteiger partial charge in [-0.05, 0) is 73.5 Å². The van der Waals surface area contributed by atoms with E-state index in [1.54, 1.807) is 0 Å². The number of likely N-dealkylation sites (tertiary alicyclic amines) is 1. The fourth-order valence-electron chi connectivity index (χ4n) is 10.4. The number of carbonyl (C=O) groups excluding carboxylic acids is 1. The fourth-order valence-corrected chi connectivity index (χ4v) is 10.4. The van der Waals surface area contributed by atoms with Crippen LogP contribution in [-0.2, 0) is 23.3 Å². The Bertz CT molecular complexity index is 2480. The smallest absolute Gasteiger partial charge is 0.318 e. The van der Waals surface area contributed by atoms with Crippen LogP contribution in [0.5, 0.6) is 6.01 Å². The van der Waals surface area contributed by atoms with Gasteiger partial charge in [-0.15, -0.1) is 0 Å². The van der Waals surface area contributed by atoms with Gasteiger partial charge in [-0.1, -0.05) is 121 Å². The molecule has 5 heterocycles. The van der Waals surface area contributed by atoms with Crippen LogP contribution in [0.15, 0.2) is 127 Å². The van der Waals surface area contributed by atoms with Crippen LogP contribution >= 0.6 is 0 Å². The summed E-state index contributed by atoms with van der Waals surface area (Å²) in [5, 5.41) is 12.6. The Kier molecular flexibility index (Phi) is 10.4. The lowest BCUT2D eigenvalue weighted by Crippen LogP contribution is -2.44. The molecular weight excluding hydrogens is 757 g/mol. The molecule has 1 aromatic heterocycles. The Hall–Kier alpha value is -6.28. The van der Waals surface area contributed by atoms with Gasteiger partial charge in [0.15, 0.2) is 0 Å². The second-order valence-corrected chi connectivity index (χ2v) is 17.1. The van der Waals surface area contributed by atoms with Crippen molar-refractivity contribution in [1.82, 2.24) is 24.7 Å². The molecule has 0 radical (unpaired) electrons. The SMILES string of the molecule is Cc1cccc2cccc(N3CCc4c(nc(OCC5CCCN5C)nc4N4CC(CC#N)N(C(=O)C5CN5C(c5ccccc5)(c5ccccc5)c5ccccc5)C4)C3)c12. The van der Waals surface area contributed by atoms with E-state index in [1.165, 1.54) is 22.0 Å². The van der Waals surface area contributed by atoms with Gasteiger partial charge in [-0.2, -0.15) is 15.2 Å². The highest BCUT2D eigenvalue weighted by atomic mass is 16.5. The Morgan fingerprint density at radius 2 is 1.48 bits per heavy atom. The van der Waals surface area contributed by atoms with Crippen LogP contribution < -0.4 is 14.5 Å². The monoisotopic (exact) mass is 808 g/mol. The van der Waals surface area contributed by atoms with Crippen molar-refractivity contribution in [3.63, 3.8) is 0 Å². The summed E-state index contributed by atoms with van der Waals surface area (Å²) in [6.07, 6.45) is 3.21. The molecule has 308 valence electrons. The van der Waals surface area contributed by atoms with Gasteiger partial charge in [0, 0.05) is 42.3 Å². The van der Waals surface area contributed by atoms with Crippen molar-refractivity contribution in [2.75, 3.05) is 56.3 Å². The zero-order valence-corrected chi connectivity index (χ0v) is 35.0. The van der Waals surface area contributed by atoms with Gasteiger partial charge in [0.2, 0.25) is 5.91 Å². The molecule has 1 amide bonds. The summed E-state index contributed by atoms with van der Waals surface area (Å²) in [5.74, 6) is 0.850. The average Bonchev–Trinajstić information content (AvgIpc) is 3.81. The third-order valence-electron chi connectivity index (χ3n) is 13.5. The van der Waals surface area contributed by atoms with Gasteiger partial charge in [0.25, 0.3) is 0 Å². The Morgan fingerprint density at radius 1 is 0.803 bits per heavy atom. The second kappa shape index (κ2) is 16.3. The van der Waals surface area contributed by atoms with Crippen molar-refractivity contribution < 1.29 is 9.53 Å². The highest BCUT2D eigenvalue weighted by Gasteiger charge is 2.58. The van der Waals surface area contributed by atoms with Gasteiger partial charge >= 0.3 is 6.01 Å². The van der Waals surface area contributed by atoms with Crippen LogP contribution in [0.4, 0.5) is 11.5 Å². The molecule has 10 rings (SSSR count). The molecule has 6 aromatic rings. The first-order valence-corrected chi connectivity index (χ1v) is 21.8. The lowest BCUT2D eigenvalue weighted by atomic mass is 9.76. The zero-order chi connectivity index (χ0) is 41.5. The summed E-state index contributed by atoms with van der Waals surface area (Å²) in [4.78, 5) is 36.6. The topological polar surface area (TPSA) is 91.8 Å². The van der Waals surface area contributed by atoms with E-state index in [1.807, 2.05) is 23.1 Å². The maximum Gasteiger partial charge on any atom is 0.318 e. The van der Waals surface area contributed by atoms with Crippen molar-refractivity contribution in [1.29, 1.82) is 5.26 Å². The minimum Gasteiger partial charge on any atom is -0.462 e. The Balaban J connectivity index is 0.984. The number of nitriles is 1. The highest BCUT2D eigenvalue weighted by Crippen LogP contribution is 2.49. The zero-order valence-electron chi connectivity index (χ0n) is 35.0. The molecular formula is C51H52N8O2. The van der Waals surface area contributed by atoms with Crippen LogP contribution in [0.2, 0.25) is 0 Å². The summed E-state index contributed by atoms with van der Waals surface area (Å²) in [6, 6.07) is 47.0. The molecule has 0 spiro atoms. The van der Waals surface area contributed by atoms with E-state index in [-0.39, 0.29) is 24.4 Å². The quantitative estimate of drug-likeness (QED) is 0.0974. The molecule has 4 unspecified atom stereocenters. The van der Waals surface area contributed by atoms with E-state index in [0.717, 1.165) is 66.1 Å². The molecule has 0 saturated carbocycles. The Labute approximate surface area is 358 Å². The summed E-state index contributed by atoms with van der Waals surface area (Å²) >= 11 is 0. The molecule has 4 aliphatic rings. The number of ether oxygens (including phenoxy) is 1. The van der Waals surface area contributed by atoms with Crippen molar-refractivity contribution >= 4 is 28.2 Å². The molecule has 0 aliphatic carbocycles. The van der Waals surface area contributed by atoms with Gasteiger partial charge in [-0.3, -0.25) is 9.69 Å². The summed E-state index contributed by atoms with van der Waals surface area (Å²) in [5.41, 5.74) is 7.13. The molecule has 3 fully saturated rings. The number of likely N-dealkylation sites (N-methyl/N-ethyl adjacent to an activating group) is 1. The number of benzene rings is 5. The van der Waals surface area contributed by atoms with Crippen LogP contribution in [-0.4, -0.2) is 95.2 Å². The lowest BCUT2D eigenvalue weighted by molar-refractivity contribution is -0.132. The predicted octanol–water partition coefficient (Wildman–Crippen LogP) is 7.54. The first kappa shape index (κ1) is 38.9. The summed E-state index contributed by atoms with van der Waals surface area (Å²) < 4.78 is 6.48. The number of hydrogen-bond acceptors (Lipinski definition) is 9. The predicted molar refractivity (Wildman–Crippen MR) is 239 cm³/mol. The number of anilines is 2. The van der Waals surface area contributed by atoms with Crippen LogP contribution in [0.25, 0.3) is 10.8 Å². The van der Waals surface area contributed by atoms with Gasteiger partial charge < -0.3 is 24.3 Å². The first-order valence-electron chi connectivity index (χ1n) is 21.8. The Morgan fingerprint density at radius 3 is 2.11 bits per heavy atom. The standard InChI is InChI=1S/C51H52N8O2/c1-36-15-12-16-37-17-13-25-45(47(36)37)56-30-27-43-44(32-56)53-50(61-34-42-24-14-29-55(42)2)54-48(43)57-31-41(26-28-52)58(35-57)49(60)46-33-59(46)51(38-18-6-3-7-19-38,39-20-8-4-9-21-39)40-22-10-5-11-23-40/h3-13,15-23,25,41-42,46H,14,24,26-27,29-35H2,1-2H3. The van der Waals surface area contributed by atoms with Crippen molar-refractivity contribution in [3.05, 3.63) is 161 Å². The number of amides is 1. The average molecular weight is 809 g/mol. The van der Waals surface area contributed by atoms with E-state index >= 15 is 4.79 Å². The second-order valence-electron chi connectivity index (χ2n) is 17.1. The normalized spacial score (nSPS) is 21.4. The molecule has 61 heavy (non-hydrogen) atoms. The van der Waals surface area contributed by atoms with E-state index in [2.05, 4.69) is 149 Å². The number of aromatic nitrogens is 2. The number of aryl methyl sites for hydroxylation is 1. The molecule has 5 aromatic carbocycles. The van der Waals surface area contributed by atoms with Crippen molar-refractivity contribution in [3.8, 4) is 12.1 Å². The lowest BCUT2D eigenvalue weighted by Gasteiger charge is -2.38. The highest BCUT2D eigenvalue weighted by molar-refractivity contribution is 5.97. The van der Waals surface area contributed by atoms with E-state index in [4.69, 9.17) is 14.7 Å². The number of hydrogen-bond donors (Lipinski definition) is 0. The molecule has 10 heteroatoms. The number of nitrogens with zero attached hydrogens (tertiary/aromatic N) is 8. The minimum atomic E-state index is -0.686. The molecule has 10 nitrogen and oxygen atoms in total. The van der Waals surface area contributed by atoms with Crippen molar-refractivity contribution in [2.24, 2.45) is 0 Å². The van der Waals surface area contributed by atoms with Gasteiger partial charge in [0.1, 0.15) is 18.5 Å². The van der Waals surface area contributed by atoms with Crippen LogP contribution in [0.1, 0.15) is 52.8 Å². The maximum absolute atomic E-state index is 15.1. The number of rotatable bonds is 11.